The first-order valence-electron chi connectivity index (χ1n) is 6.18. The van der Waals surface area contributed by atoms with Crippen molar-refractivity contribution in [2.24, 2.45) is 5.73 Å². The van der Waals surface area contributed by atoms with Gasteiger partial charge in [-0.1, -0.05) is 23.8 Å². The van der Waals surface area contributed by atoms with E-state index in [1.807, 2.05) is 32.0 Å². The summed E-state index contributed by atoms with van der Waals surface area (Å²) in [5.74, 6) is -0.900. The average molecular weight is 261 g/mol. The van der Waals surface area contributed by atoms with Crippen LogP contribution in [0.4, 0.5) is 8.78 Å². The highest BCUT2D eigenvalue weighted by molar-refractivity contribution is 5.40. The van der Waals surface area contributed by atoms with Crippen molar-refractivity contribution < 1.29 is 8.78 Å². The van der Waals surface area contributed by atoms with E-state index in [2.05, 4.69) is 0 Å². The molecular formula is C16H17F2N. The molecule has 0 aliphatic carbocycles. The van der Waals surface area contributed by atoms with Crippen molar-refractivity contribution >= 4 is 0 Å². The number of hydrogen-bond donors (Lipinski definition) is 1. The van der Waals surface area contributed by atoms with Crippen LogP contribution in [-0.4, -0.2) is 0 Å². The summed E-state index contributed by atoms with van der Waals surface area (Å²) >= 11 is 0. The first kappa shape index (κ1) is 13.7. The summed E-state index contributed by atoms with van der Waals surface area (Å²) in [6.45, 7) is 5.43. The molecular weight excluding hydrogens is 244 g/mol. The highest BCUT2D eigenvalue weighted by Crippen LogP contribution is 2.27. The van der Waals surface area contributed by atoms with Gasteiger partial charge in [-0.2, -0.15) is 0 Å². The smallest absolute Gasteiger partial charge is 0.128 e. The molecule has 2 rings (SSSR count). The minimum absolute atomic E-state index is 0.190. The van der Waals surface area contributed by atoms with Gasteiger partial charge in [-0.3, -0.25) is 0 Å². The van der Waals surface area contributed by atoms with Gasteiger partial charge in [0.25, 0.3) is 0 Å². The van der Waals surface area contributed by atoms with E-state index in [1.165, 1.54) is 19.1 Å². The van der Waals surface area contributed by atoms with Gasteiger partial charge >= 0.3 is 0 Å². The van der Waals surface area contributed by atoms with Gasteiger partial charge in [0, 0.05) is 5.56 Å². The van der Waals surface area contributed by atoms with Crippen molar-refractivity contribution in [1.29, 1.82) is 0 Å². The highest BCUT2D eigenvalue weighted by atomic mass is 19.1. The van der Waals surface area contributed by atoms with Crippen molar-refractivity contribution in [2.75, 3.05) is 0 Å². The molecule has 3 heteroatoms. The molecule has 1 nitrogen and oxygen atoms in total. The summed E-state index contributed by atoms with van der Waals surface area (Å²) in [6, 6.07) is 7.49. The van der Waals surface area contributed by atoms with Crippen LogP contribution in [0.2, 0.25) is 0 Å². The Kier molecular flexibility index (Phi) is 3.67. The Morgan fingerprint density at radius 3 is 2.16 bits per heavy atom. The zero-order valence-electron chi connectivity index (χ0n) is 11.3. The lowest BCUT2D eigenvalue weighted by Crippen LogP contribution is -2.15. The van der Waals surface area contributed by atoms with Crippen LogP contribution in [-0.2, 0) is 0 Å². The molecule has 0 aliphatic rings. The highest BCUT2D eigenvalue weighted by Gasteiger charge is 2.17. The van der Waals surface area contributed by atoms with Crippen molar-refractivity contribution in [3.05, 3.63) is 69.8 Å². The second-order valence-corrected chi connectivity index (χ2v) is 4.96. The van der Waals surface area contributed by atoms with E-state index in [0.717, 1.165) is 16.7 Å². The lowest BCUT2D eigenvalue weighted by Gasteiger charge is -2.17. The molecule has 0 heterocycles. The Bertz CT molecular complexity index is 620. The minimum atomic E-state index is -0.657. The molecule has 0 bridgehead atoms. The van der Waals surface area contributed by atoms with Gasteiger partial charge < -0.3 is 5.73 Å². The van der Waals surface area contributed by atoms with Gasteiger partial charge in [-0.25, -0.2) is 8.78 Å². The monoisotopic (exact) mass is 261 g/mol. The van der Waals surface area contributed by atoms with Gasteiger partial charge in [0.1, 0.15) is 11.6 Å². The van der Waals surface area contributed by atoms with Crippen LogP contribution >= 0.6 is 0 Å². The molecule has 0 aliphatic heterocycles. The fourth-order valence-electron chi connectivity index (χ4n) is 2.24. The van der Waals surface area contributed by atoms with Crippen LogP contribution in [0.25, 0.3) is 0 Å². The fraction of sp³-hybridized carbons (Fsp3) is 0.250. The third-order valence-electron chi connectivity index (χ3n) is 3.37. The Hall–Kier alpha value is -1.74. The van der Waals surface area contributed by atoms with Gasteiger partial charge in [0.05, 0.1) is 6.04 Å². The van der Waals surface area contributed by atoms with Crippen molar-refractivity contribution in [2.45, 2.75) is 26.8 Å². The van der Waals surface area contributed by atoms with Crippen LogP contribution < -0.4 is 5.73 Å². The lowest BCUT2D eigenvalue weighted by molar-refractivity contribution is 0.570. The van der Waals surface area contributed by atoms with E-state index >= 15 is 0 Å². The maximum atomic E-state index is 13.9. The Labute approximate surface area is 112 Å². The van der Waals surface area contributed by atoms with Crippen molar-refractivity contribution in [1.82, 2.24) is 0 Å². The van der Waals surface area contributed by atoms with E-state index in [9.17, 15) is 8.78 Å². The van der Waals surface area contributed by atoms with E-state index < -0.39 is 17.7 Å². The van der Waals surface area contributed by atoms with E-state index in [0.29, 0.717) is 0 Å². The molecule has 100 valence electrons. The van der Waals surface area contributed by atoms with E-state index in [4.69, 9.17) is 5.73 Å². The van der Waals surface area contributed by atoms with Gasteiger partial charge in [-0.05, 0) is 49.6 Å². The molecule has 2 N–H and O–H groups in total. The van der Waals surface area contributed by atoms with E-state index in [1.54, 1.807) is 0 Å². The van der Waals surface area contributed by atoms with Gasteiger partial charge in [0.15, 0.2) is 0 Å². The minimum Gasteiger partial charge on any atom is -0.320 e. The Morgan fingerprint density at radius 1 is 0.842 bits per heavy atom. The number of nitrogens with two attached hydrogens (primary N) is 1. The molecule has 0 aromatic heterocycles. The average Bonchev–Trinajstić information content (AvgIpc) is 2.33. The summed E-state index contributed by atoms with van der Waals surface area (Å²) in [5, 5.41) is 0. The first-order chi connectivity index (χ1) is 8.90. The quantitative estimate of drug-likeness (QED) is 0.870. The zero-order chi connectivity index (χ0) is 14.2. The molecule has 1 unspecified atom stereocenters. The molecule has 0 saturated heterocycles. The molecule has 0 saturated carbocycles. The normalized spacial score (nSPS) is 12.5. The number of rotatable bonds is 2. The van der Waals surface area contributed by atoms with Gasteiger partial charge in [-0.15, -0.1) is 0 Å². The summed E-state index contributed by atoms with van der Waals surface area (Å²) in [5.41, 5.74) is 9.46. The predicted molar refractivity (Wildman–Crippen MR) is 73.0 cm³/mol. The summed E-state index contributed by atoms with van der Waals surface area (Å²) in [6.07, 6.45) is 0. The second kappa shape index (κ2) is 5.10. The molecule has 1 atom stereocenters. The first-order valence-corrected chi connectivity index (χ1v) is 6.18. The molecule has 0 radical (unpaired) electrons. The van der Waals surface area contributed by atoms with Crippen LogP contribution in [0, 0.1) is 32.4 Å². The number of benzene rings is 2. The number of hydrogen-bond acceptors (Lipinski definition) is 1. The maximum Gasteiger partial charge on any atom is 0.128 e. The van der Waals surface area contributed by atoms with Gasteiger partial charge in [0.2, 0.25) is 0 Å². The third-order valence-corrected chi connectivity index (χ3v) is 3.37. The Balaban J connectivity index is 2.49. The van der Waals surface area contributed by atoms with Crippen LogP contribution in [0.15, 0.2) is 30.3 Å². The largest absolute Gasteiger partial charge is 0.320 e. The number of halogens is 2. The topological polar surface area (TPSA) is 26.0 Å². The van der Waals surface area contributed by atoms with Crippen molar-refractivity contribution in [3.63, 3.8) is 0 Å². The number of aryl methyl sites for hydroxylation is 3. The third kappa shape index (κ3) is 2.66. The molecule has 19 heavy (non-hydrogen) atoms. The SMILES string of the molecule is Cc1ccc(C(N)c2cc(F)c(C)cc2F)c(C)c1. The molecule has 0 fully saturated rings. The molecule has 0 spiro atoms. The molecule has 2 aromatic rings. The summed E-state index contributed by atoms with van der Waals surface area (Å²) in [4.78, 5) is 0. The van der Waals surface area contributed by atoms with Crippen LogP contribution in [0.3, 0.4) is 0 Å². The zero-order valence-corrected chi connectivity index (χ0v) is 11.3. The summed E-state index contributed by atoms with van der Waals surface area (Å²) < 4.78 is 27.5. The van der Waals surface area contributed by atoms with Crippen LogP contribution in [0.1, 0.15) is 33.9 Å². The maximum absolute atomic E-state index is 13.9. The fourth-order valence-corrected chi connectivity index (χ4v) is 2.24. The van der Waals surface area contributed by atoms with Crippen LogP contribution in [0.5, 0.6) is 0 Å². The lowest BCUT2D eigenvalue weighted by atomic mass is 9.93. The predicted octanol–water partition coefficient (Wildman–Crippen LogP) is 3.94. The van der Waals surface area contributed by atoms with E-state index in [-0.39, 0.29) is 11.1 Å². The second-order valence-electron chi connectivity index (χ2n) is 4.96. The van der Waals surface area contributed by atoms with Crippen molar-refractivity contribution in [3.8, 4) is 0 Å². The Morgan fingerprint density at radius 2 is 1.53 bits per heavy atom. The molecule has 2 aromatic carbocycles. The summed E-state index contributed by atoms with van der Waals surface area (Å²) in [7, 11) is 0. The molecule has 0 amide bonds. The standard InChI is InChI=1S/C16H17F2N/c1-9-4-5-12(10(2)6-9)16(19)13-8-14(17)11(3)7-15(13)18/h4-8,16H,19H2,1-3H3.